The average molecular weight is 1140 g/mol. The summed E-state index contributed by atoms with van der Waals surface area (Å²) in [6.07, 6.45) is 16.2. The van der Waals surface area contributed by atoms with Gasteiger partial charge in [-0.15, -0.1) is 11.6 Å². The Morgan fingerprint density at radius 1 is 0.605 bits per heavy atom. The molecule has 0 amide bonds. The number of rotatable bonds is 32. The maximum absolute atomic E-state index is 14.4. The van der Waals surface area contributed by atoms with Gasteiger partial charge in [0.1, 0.15) is 52.3 Å². The Morgan fingerprint density at radius 3 is 1.30 bits per heavy atom. The highest BCUT2D eigenvalue weighted by Gasteiger charge is 2.43. The first-order chi connectivity index (χ1) is 35.1. The molecule has 76 heavy (non-hydrogen) atoms. The molecule has 28 heteroatoms. The molecule has 0 unspecified atom stereocenters. The minimum absolute atomic E-state index is 0. The van der Waals surface area contributed by atoms with Crippen molar-refractivity contribution in [3.05, 3.63) is 25.3 Å². The predicted molar refractivity (Wildman–Crippen MR) is 295 cm³/mol. The number of unbranched alkanes of at least 4 members (excludes halogenated alkanes) is 9. The van der Waals surface area contributed by atoms with Gasteiger partial charge in [0.25, 0.3) is 0 Å². The van der Waals surface area contributed by atoms with Gasteiger partial charge in [0.15, 0.2) is 22.9 Å². The summed E-state index contributed by atoms with van der Waals surface area (Å²) < 4.78 is 55.7. The summed E-state index contributed by atoms with van der Waals surface area (Å²) in [6.45, 7) is 21.3. The molecular formula is C48H88ClN13O12P2. The number of hydrogen-bond acceptors (Lipinski definition) is 19. The number of ether oxygens (including phenoxy) is 5. The van der Waals surface area contributed by atoms with Gasteiger partial charge in [-0.25, -0.2) is 40.1 Å². The predicted octanol–water partition coefficient (Wildman–Crippen LogP) is 8.19. The van der Waals surface area contributed by atoms with Gasteiger partial charge >= 0.3 is 25.5 Å². The van der Waals surface area contributed by atoms with Crippen molar-refractivity contribution in [2.24, 2.45) is 0 Å². The lowest BCUT2D eigenvalue weighted by Gasteiger charge is -2.35. The molecule has 0 saturated heterocycles. The van der Waals surface area contributed by atoms with E-state index < -0.39 is 61.5 Å². The number of carbonyl (C=O) groups excluding carboxylic acids is 3. The molecule has 0 fully saturated rings. The number of imidazole rings is 2. The van der Waals surface area contributed by atoms with E-state index in [9.17, 15) is 23.5 Å². The number of alkyl halides is 1. The van der Waals surface area contributed by atoms with Crippen molar-refractivity contribution in [3.8, 4) is 0 Å². The van der Waals surface area contributed by atoms with Crippen molar-refractivity contribution in [1.82, 2.24) is 55.4 Å². The van der Waals surface area contributed by atoms with Gasteiger partial charge in [0.05, 0.1) is 57.8 Å². The van der Waals surface area contributed by atoms with Crippen LogP contribution in [0.3, 0.4) is 0 Å². The summed E-state index contributed by atoms with van der Waals surface area (Å²) in [7, 11) is -7.92. The maximum Gasteiger partial charge on any atom is 0.350 e. The molecule has 0 spiro atoms. The van der Waals surface area contributed by atoms with Gasteiger partial charge in [0.2, 0.25) is 7.44 Å². The van der Waals surface area contributed by atoms with Crippen molar-refractivity contribution < 1.29 is 57.0 Å². The first kappa shape index (κ1) is 69.6. The highest BCUT2D eigenvalue weighted by molar-refractivity contribution is 7.59. The number of esters is 3. The molecule has 0 aliphatic rings. The Kier molecular flexibility index (Phi) is 30.9. The monoisotopic (exact) mass is 1140 g/mol. The summed E-state index contributed by atoms with van der Waals surface area (Å²) in [5, 5.41) is 5.90. The third kappa shape index (κ3) is 25.8. The number of aromatic nitrogens is 8. The molecule has 0 bridgehead atoms. The van der Waals surface area contributed by atoms with Crippen molar-refractivity contribution in [2.45, 2.75) is 194 Å². The topological polar surface area (TPSA) is 370 Å². The van der Waals surface area contributed by atoms with Crippen molar-refractivity contribution >= 4 is 78.5 Å². The van der Waals surface area contributed by atoms with E-state index in [1.165, 1.54) is 31.8 Å². The fourth-order valence-electron chi connectivity index (χ4n) is 6.88. The zero-order valence-electron chi connectivity index (χ0n) is 46.6. The third-order valence-corrected chi connectivity index (χ3v) is 13.9. The van der Waals surface area contributed by atoms with E-state index >= 15 is 0 Å². The van der Waals surface area contributed by atoms with Crippen LogP contribution in [0.1, 0.15) is 153 Å². The molecule has 4 aromatic rings. The summed E-state index contributed by atoms with van der Waals surface area (Å²) in [5.74, 6) is -0.859. The van der Waals surface area contributed by atoms with E-state index in [2.05, 4.69) is 60.8 Å². The highest BCUT2D eigenvalue weighted by Crippen LogP contribution is 2.42. The summed E-state index contributed by atoms with van der Waals surface area (Å²) in [5.41, 5.74) is 11.0. The fraction of sp³-hybridized carbons (Fsp3) is 0.729. The van der Waals surface area contributed by atoms with Crippen LogP contribution >= 0.6 is 26.6 Å². The first-order valence-electron chi connectivity index (χ1n) is 25.6. The summed E-state index contributed by atoms with van der Waals surface area (Å²) >= 11 is 5.75. The zero-order valence-corrected chi connectivity index (χ0v) is 49.1. The minimum atomic E-state index is -4.16. The van der Waals surface area contributed by atoms with E-state index in [0.29, 0.717) is 42.0 Å². The molecule has 0 aliphatic carbocycles. The summed E-state index contributed by atoms with van der Waals surface area (Å²) in [4.78, 5) is 78.2. The van der Waals surface area contributed by atoms with Crippen LogP contribution in [-0.4, -0.2) is 127 Å². The van der Waals surface area contributed by atoms with Gasteiger partial charge in [-0.05, 0) is 74.7 Å². The maximum atomic E-state index is 14.4. The number of carbonyl (C=O) groups is 3. The lowest BCUT2D eigenvalue weighted by molar-refractivity contribution is -0.149. The van der Waals surface area contributed by atoms with Crippen molar-refractivity contribution in [2.75, 3.05) is 44.0 Å². The Hall–Kier alpha value is -4.42. The highest BCUT2D eigenvalue weighted by atomic mass is 35.5. The summed E-state index contributed by atoms with van der Waals surface area (Å²) in [6, 6.07) is 0. The lowest BCUT2D eigenvalue weighted by Crippen LogP contribution is -2.54. The molecule has 0 saturated carbocycles. The molecule has 4 aromatic heterocycles. The first-order valence-corrected chi connectivity index (χ1v) is 29.6. The second kappa shape index (κ2) is 33.8. The van der Waals surface area contributed by atoms with Crippen molar-refractivity contribution in [1.29, 1.82) is 0 Å². The number of anilines is 2. The van der Waals surface area contributed by atoms with Crippen LogP contribution in [0.4, 0.5) is 11.6 Å². The van der Waals surface area contributed by atoms with Crippen LogP contribution in [0.15, 0.2) is 25.3 Å². The van der Waals surface area contributed by atoms with E-state index in [0.717, 1.165) is 64.2 Å². The van der Waals surface area contributed by atoms with Gasteiger partial charge in [0, 0.05) is 0 Å². The Labute approximate surface area is 453 Å². The van der Waals surface area contributed by atoms with Crippen LogP contribution in [0.2, 0.25) is 0 Å². The quantitative estimate of drug-likeness (QED) is 0.00796. The van der Waals surface area contributed by atoms with E-state index in [4.69, 9.17) is 56.5 Å². The number of nitrogens with one attached hydrogen (secondary N) is 2. The molecule has 25 nitrogen and oxygen atoms in total. The van der Waals surface area contributed by atoms with Crippen molar-refractivity contribution in [3.63, 3.8) is 0 Å². The van der Waals surface area contributed by atoms with E-state index in [1.807, 2.05) is 6.92 Å². The standard InChI is InChI=1S/C29H52N7O6P.C10H19ClO2.C9H14N5O4P.H3N/c1-8-10-12-14-16-40-26(37)28(4,5)34-43(39,35-29(6,7)27(38)41-17-15-13-11-9-2)21-42-22(3)18-36-20-33-23-24(30)31-19-32-25(23)36;1-4-5-6-7-8-13-9(12)10(2,3)11;1-6(18-5-19(15,16)17)2-14-4-13-7-8(10)11-3-12-9(7)14;/h19-20,22H,8-18,21H2,1-7H3,(H2,30,31,32)(H2,34,35,39);4-8H2,1-3H3;3-4,6H,2,5H2,1H3,(H2,10,11,12)(H2,15,16,17);1H3/t22-;;6-;/m1.1./s1. The van der Waals surface area contributed by atoms with Crippen LogP contribution in [0, 0.1) is 0 Å². The largest absolute Gasteiger partial charge is 0.464 e. The molecule has 0 aromatic carbocycles. The molecule has 0 aliphatic heterocycles. The molecule has 4 rings (SSSR count). The number of nitrogen functional groups attached to an aromatic ring is 2. The van der Waals surface area contributed by atoms with E-state index in [-0.39, 0.29) is 43.3 Å². The van der Waals surface area contributed by atoms with Gasteiger partial charge in [-0.2, -0.15) is 0 Å². The molecular weight excluding hydrogens is 1050 g/mol. The van der Waals surface area contributed by atoms with Crippen LogP contribution in [-0.2, 0) is 60.3 Å². The number of nitrogens with two attached hydrogens (primary N) is 2. The third-order valence-electron chi connectivity index (χ3n) is 11.0. The lowest BCUT2D eigenvalue weighted by atomic mass is 10.1. The fourth-order valence-corrected chi connectivity index (χ4v) is 10.0. The molecule has 0 radical (unpaired) electrons. The number of hydrogen-bond donors (Lipinski definition) is 7. The second-order valence-corrected chi connectivity index (χ2v) is 24.5. The SMILES string of the molecule is CCCCCCOC(=O)C(C)(C)Cl.CCCCCCOC(=O)C(C)(C)NP(=O)(CO[C@H](C)Cn1cnc2c(N)ncnc21)NC(C)(C)C(=O)OCCCCCC.C[C@H](Cn1cnc2c(N)ncnc21)OCP(=O)(O)O.N. The van der Waals surface area contributed by atoms with E-state index in [1.54, 1.807) is 63.9 Å². The minimum Gasteiger partial charge on any atom is -0.464 e. The zero-order chi connectivity index (χ0) is 56.5. The number of halogens is 1. The number of fused-ring (bicyclic) bond motifs is 2. The Morgan fingerprint density at radius 2 is 0.961 bits per heavy atom. The molecule has 434 valence electrons. The van der Waals surface area contributed by atoms with Crippen LogP contribution < -0.4 is 27.8 Å². The van der Waals surface area contributed by atoms with Crippen LogP contribution in [0.5, 0.6) is 0 Å². The van der Waals surface area contributed by atoms with Gasteiger partial charge in [-0.3, -0.25) is 23.5 Å². The molecule has 2 atom stereocenters. The normalized spacial score (nSPS) is 12.9. The Bertz CT molecular complexity index is 2410. The molecule has 11 N–H and O–H groups in total. The average Bonchev–Trinajstić information content (AvgIpc) is 3.94. The van der Waals surface area contributed by atoms with Gasteiger partial charge in [-0.1, -0.05) is 78.6 Å². The van der Waals surface area contributed by atoms with Crippen LogP contribution in [0.25, 0.3) is 22.3 Å². The second-order valence-electron chi connectivity index (χ2n) is 19.8. The Balaban J connectivity index is 0.000000712. The molecule has 4 heterocycles. The number of nitrogens with zero attached hydrogens (tertiary/aromatic N) is 8. The van der Waals surface area contributed by atoms with Gasteiger partial charge < -0.3 is 60.2 Å². The smallest absolute Gasteiger partial charge is 0.350 e.